The van der Waals surface area contributed by atoms with Crippen molar-refractivity contribution in [2.24, 2.45) is 0 Å². The Hall–Kier alpha value is -1.43. The molecule has 2 heterocycles. The first-order chi connectivity index (χ1) is 7.36. The van der Waals surface area contributed by atoms with Crippen molar-refractivity contribution in [1.82, 2.24) is 20.8 Å². The molecule has 6 heteroatoms. The lowest BCUT2D eigenvalue weighted by molar-refractivity contribution is -0.122. The van der Waals surface area contributed by atoms with Gasteiger partial charge in [-0.05, 0) is 19.4 Å². The van der Waals surface area contributed by atoms with Gasteiger partial charge in [0.25, 0.3) is 0 Å². The molecule has 1 amide bonds. The highest BCUT2D eigenvalue weighted by molar-refractivity contribution is 5.81. The molecule has 0 spiro atoms. The average Bonchev–Trinajstić information content (AvgIpc) is 2.90. The molecule has 15 heavy (non-hydrogen) atoms. The van der Waals surface area contributed by atoms with Crippen LogP contribution in [0.25, 0.3) is 0 Å². The van der Waals surface area contributed by atoms with Crippen LogP contribution in [-0.4, -0.2) is 35.2 Å². The molecule has 82 valence electrons. The van der Waals surface area contributed by atoms with Gasteiger partial charge in [0.05, 0.1) is 6.04 Å². The number of nitrogens with zero attached hydrogens (tertiary/aromatic N) is 2. The summed E-state index contributed by atoms with van der Waals surface area (Å²) < 4.78 is 4.59. The van der Waals surface area contributed by atoms with E-state index in [4.69, 9.17) is 0 Å². The number of rotatable bonds is 4. The van der Waals surface area contributed by atoms with Crippen molar-refractivity contribution in [3.05, 3.63) is 12.2 Å². The Labute approximate surface area is 87.4 Å². The van der Waals surface area contributed by atoms with E-state index in [0.717, 1.165) is 19.4 Å². The molecule has 0 aliphatic carbocycles. The third kappa shape index (κ3) is 2.76. The fourth-order valence-electron chi connectivity index (χ4n) is 1.63. The minimum Gasteiger partial charge on any atom is -0.354 e. The molecule has 1 aromatic rings. The molecule has 0 aromatic carbocycles. The van der Waals surface area contributed by atoms with Crippen LogP contribution in [0.3, 0.4) is 0 Å². The molecule has 2 N–H and O–H groups in total. The molecule has 1 aromatic heterocycles. The van der Waals surface area contributed by atoms with E-state index in [9.17, 15) is 4.79 Å². The van der Waals surface area contributed by atoms with E-state index in [1.54, 1.807) is 0 Å². The monoisotopic (exact) mass is 210 g/mol. The Morgan fingerprint density at radius 1 is 1.73 bits per heavy atom. The SMILES string of the molecule is O=C(NCCc1ncon1)[C@@H]1CCCN1. The summed E-state index contributed by atoms with van der Waals surface area (Å²) in [5.74, 6) is 0.686. The fourth-order valence-corrected chi connectivity index (χ4v) is 1.63. The van der Waals surface area contributed by atoms with Gasteiger partial charge in [-0.1, -0.05) is 5.16 Å². The third-order valence-electron chi connectivity index (χ3n) is 2.43. The predicted octanol–water partition coefficient (Wildman–Crippen LogP) is -0.520. The van der Waals surface area contributed by atoms with Crippen molar-refractivity contribution in [1.29, 1.82) is 0 Å². The van der Waals surface area contributed by atoms with E-state index in [2.05, 4.69) is 25.3 Å². The van der Waals surface area contributed by atoms with Crippen LogP contribution in [0.5, 0.6) is 0 Å². The van der Waals surface area contributed by atoms with Crippen molar-refractivity contribution < 1.29 is 9.32 Å². The summed E-state index contributed by atoms with van der Waals surface area (Å²) in [5, 5.41) is 9.64. The summed E-state index contributed by atoms with van der Waals surface area (Å²) in [7, 11) is 0. The molecule has 1 aliphatic rings. The number of carbonyl (C=O) groups excluding carboxylic acids is 1. The smallest absolute Gasteiger partial charge is 0.237 e. The molecule has 0 radical (unpaired) electrons. The molecule has 0 saturated carbocycles. The third-order valence-corrected chi connectivity index (χ3v) is 2.43. The Bertz CT molecular complexity index is 306. The maximum absolute atomic E-state index is 11.5. The van der Waals surface area contributed by atoms with E-state index in [-0.39, 0.29) is 11.9 Å². The van der Waals surface area contributed by atoms with Gasteiger partial charge in [0.15, 0.2) is 5.82 Å². The number of nitrogens with one attached hydrogen (secondary N) is 2. The Balaban J connectivity index is 1.67. The van der Waals surface area contributed by atoms with Crippen molar-refractivity contribution in [3.8, 4) is 0 Å². The standard InChI is InChI=1S/C9H14N4O2/c14-9(7-2-1-4-10-7)11-5-3-8-12-6-15-13-8/h6-7,10H,1-5H2,(H,11,14)/t7-/m0/s1. The van der Waals surface area contributed by atoms with E-state index in [1.165, 1.54) is 6.39 Å². The summed E-state index contributed by atoms with van der Waals surface area (Å²) in [6, 6.07) is -0.0183. The highest BCUT2D eigenvalue weighted by Gasteiger charge is 2.21. The Morgan fingerprint density at radius 2 is 2.67 bits per heavy atom. The molecule has 0 unspecified atom stereocenters. The zero-order valence-electron chi connectivity index (χ0n) is 8.40. The summed E-state index contributed by atoms with van der Waals surface area (Å²) in [5.41, 5.74) is 0. The number of aromatic nitrogens is 2. The van der Waals surface area contributed by atoms with Gasteiger partial charge in [0.1, 0.15) is 0 Å². The van der Waals surface area contributed by atoms with E-state index in [0.29, 0.717) is 18.8 Å². The second-order valence-corrected chi connectivity index (χ2v) is 3.54. The van der Waals surface area contributed by atoms with E-state index >= 15 is 0 Å². The summed E-state index contributed by atoms with van der Waals surface area (Å²) in [6.45, 7) is 1.49. The second kappa shape index (κ2) is 4.88. The van der Waals surface area contributed by atoms with Gasteiger partial charge in [-0.3, -0.25) is 4.79 Å². The van der Waals surface area contributed by atoms with Crippen LogP contribution < -0.4 is 10.6 Å². The maximum atomic E-state index is 11.5. The zero-order valence-corrected chi connectivity index (χ0v) is 8.40. The second-order valence-electron chi connectivity index (χ2n) is 3.54. The van der Waals surface area contributed by atoms with Crippen molar-refractivity contribution in [2.75, 3.05) is 13.1 Å². The summed E-state index contributed by atoms with van der Waals surface area (Å²) >= 11 is 0. The number of hydrogen-bond acceptors (Lipinski definition) is 5. The highest BCUT2D eigenvalue weighted by atomic mass is 16.5. The molecule has 1 atom stereocenters. The summed E-state index contributed by atoms with van der Waals surface area (Å²) in [6.07, 6.45) is 3.89. The number of carbonyl (C=O) groups is 1. The van der Waals surface area contributed by atoms with Crippen LogP contribution in [-0.2, 0) is 11.2 Å². The lowest BCUT2D eigenvalue weighted by Gasteiger charge is -2.09. The average molecular weight is 210 g/mol. The number of amides is 1. The van der Waals surface area contributed by atoms with Crippen LogP contribution in [0.2, 0.25) is 0 Å². The highest BCUT2D eigenvalue weighted by Crippen LogP contribution is 2.04. The van der Waals surface area contributed by atoms with Crippen LogP contribution in [0, 0.1) is 0 Å². The minimum atomic E-state index is -0.0183. The lowest BCUT2D eigenvalue weighted by atomic mass is 10.2. The first-order valence-corrected chi connectivity index (χ1v) is 5.12. The largest absolute Gasteiger partial charge is 0.354 e. The fraction of sp³-hybridized carbons (Fsp3) is 0.667. The van der Waals surface area contributed by atoms with Crippen LogP contribution >= 0.6 is 0 Å². The van der Waals surface area contributed by atoms with Gasteiger partial charge in [-0.15, -0.1) is 0 Å². The molecule has 2 rings (SSSR count). The lowest BCUT2D eigenvalue weighted by Crippen LogP contribution is -2.41. The van der Waals surface area contributed by atoms with Gasteiger partial charge in [0, 0.05) is 13.0 Å². The first-order valence-electron chi connectivity index (χ1n) is 5.12. The van der Waals surface area contributed by atoms with Gasteiger partial charge in [-0.2, -0.15) is 4.98 Å². The number of hydrogen-bond donors (Lipinski definition) is 2. The maximum Gasteiger partial charge on any atom is 0.237 e. The van der Waals surface area contributed by atoms with Crippen LogP contribution in [0.15, 0.2) is 10.9 Å². The molecular formula is C9H14N4O2. The molecule has 1 aliphatic heterocycles. The Kier molecular flexibility index (Phi) is 3.29. The van der Waals surface area contributed by atoms with Crippen molar-refractivity contribution in [3.63, 3.8) is 0 Å². The van der Waals surface area contributed by atoms with Crippen molar-refractivity contribution >= 4 is 5.91 Å². The predicted molar refractivity (Wildman–Crippen MR) is 52.0 cm³/mol. The topological polar surface area (TPSA) is 80.1 Å². The summed E-state index contributed by atoms with van der Waals surface area (Å²) in [4.78, 5) is 15.4. The normalized spacial score (nSPS) is 20.4. The quantitative estimate of drug-likeness (QED) is 0.699. The Morgan fingerprint density at radius 3 is 3.33 bits per heavy atom. The van der Waals surface area contributed by atoms with Gasteiger partial charge in [0.2, 0.25) is 12.3 Å². The van der Waals surface area contributed by atoms with Gasteiger partial charge < -0.3 is 15.2 Å². The molecule has 1 saturated heterocycles. The first kappa shape index (κ1) is 10.1. The molecule has 6 nitrogen and oxygen atoms in total. The van der Waals surface area contributed by atoms with Gasteiger partial charge in [-0.25, -0.2) is 0 Å². The zero-order chi connectivity index (χ0) is 10.5. The molecular weight excluding hydrogens is 196 g/mol. The van der Waals surface area contributed by atoms with E-state index < -0.39 is 0 Å². The van der Waals surface area contributed by atoms with Crippen molar-refractivity contribution in [2.45, 2.75) is 25.3 Å². The molecule has 1 fully saturated rings. The molecule has 0 bridgehead atoms. The van der Waals surface area contributed by atoms with E-state index in [1.807, 2.05) is 0 Å². The van der Waals surface area contributed by atoms with Crippen LogP contribution in [0.1, 0.15) is 18.7 Å². The van der Waals surface area contributed by atoms with Gasteiger partial charge >= 0.3 is 0 Å². The van der Waals surface area contributed by atoms with Crippen LogP contribution in [0.4, 0.5) is 0 Å². The minimum absolute atomic E-state index is 0.0183.